The molecule has 0 radical (unpaired) electrons. The summed E-state index contributed by atoms with van der Waals surface area (Å²) in [6.45, 7) is 2.64. The topological polar surface area (TPSA) is 71.2 Å². The highest BCUT2D eigenvalue weighted by atomic mass is 16.5. The Balaban J connectivity index is 1.74. The van der Waals surface area contributed by atoms with Crippen LogP contribution in [0.25, 0.3) is 10.9 Å². The summed E-state index contributed by atoms with van der Waals surface area (Å²) in [7, 11) is 1.40. The van der Waals surface area contributed by atoms with Crippen LogP contribution in [0, 0.1) is 6.92 Å². The zero-order valence-corrected chi connectivity index (χ0v) is 13.8. The van der Waals surface area contributed by atoms with E-state index in [9.17, 15) is 9.59 Å². The number of benzene rings is 1. The van der Waals surface area contributed by atoms with E-state index in [0.717, 1.165) is 41.4 Å². The van der Waals surface area contributed by atoms with E-state index in [4.69, 9.17) is 0 Å². The summed E-state index contributed by atoms with van der Waals surface area (Å²) in [5.41, 5.74) is 3.17. The predicted octanol–water partition coefficient (Wildman–Crippen LogP) is 2.87. The Morgan fingerprint density at radius 3 is 2.74 bits per heavy atom. The summed E-state index contributed by atoms with van der Waals surface area (Å²) in [4.78, 5) is 26.4. The maximum atomic E-state index is 12.1. The van der Waals surface area contributed by atoms with Gasteiger partial charge in [-0.1, -0.05) is 24.6 Å². The molecule has 0 fully saturated rings. The fourth-order valence-corrected chi connectivity index (χ4v) is 2.69. The summed E-state index contributed by atoms with van der Waals surface area (Å²) in [6.07, 6.45) is 3.40. The summed E-state index contributed by atoms with van der Waals surface area (Å²) < 4.78 is 4.59. The molecule has 2 rings (SSSR count). The minimum Gasteiger partial charge on any atom is -0.469 e. The zero-order valence-electron chi connectivity index (χ0n) is 13.8. The van der Waals surface area contributed by atoms with Crippen LogP contribution in [0.1, 0.15) is 36.9 Å². The van der Waals surface area contributed by atoms with Gasteiger partial charge >= 0.3 is 5.97 Å². The van der Waals surface area contributed by atoms with Gasteiger partial charge in [0.1, 0.15) is 0 Å². The van der Waals surface area contributed by atoms with Gasteiger partial charge in [0.15, 0.2) is 0 Å². The van der Waals surface area contributed by atoms with Crippen LogP contribution in [0.5, 0.6) is 0 Å². The summed E-state index contributed by atoms with van der Waals surface area (Å²) in [6, 6.07) is 8.02. The smallest absolute Gasteiger partial charge is 0.305 e. The largest absolute Gasteiger partial charge is 0.469 e. The molecule has 1 heterocycles. The third kappa shape index (κ3) is 4.84. The number of esters is 1. The fourth-order valence-electron chi connectivity index (χ4n) is 2.69. The number of hydrogen-bond acceptors (Lipinski definition) is 3. The maximum absolute atomic E-state index is 12.1. The summed E-state index contributed by atoms with van der Waals surface area (Å²) in [5.74, 6) is -0.144. The van der Waals surface area contributed by atoms with Crippen LogP contribution < -0.4 is 5.32 Å². The number of carbonyl (C=O) groups is 2. The highest BCUT2D eigenvalue weighted by Gasteiger charge is 2.11. The molecule has 0 bridgehead atoms. The molecule has 0 saturated carbocycles. The molecule has 1 amide bonds. The third-order valence-electron chi connectivity index (χ3n) is 3.97. The van der Waals surface area contributed by atoms with Crippen LogP contribution in [-0.2, 0) is 20.7 Å². The van der Waals surface area contributed by atoms with Crippen LogP contribution in [0.3, 0.4) is 0 Å². The molecule has 0 saturated heterocycles. The number of para-hydroxylation sites is 1. The molecular formula is C18H24N2O3. The summed E-state index contributed by atoms with van der Waals surface area (Å²) in [5, 5.41) is 4.06. The van der Waals surface area contributed by atoms with E-state index < -0.39 is 0 Å². The molecule has 1 aromatic carbocycles. The Labute approximate surface area is 136 Å². The van der Waals surface area contributed by atoms with Crippen molar-refractivity contribution in [3.8, 4) is 0 Å². The molecule has 5 heteroatoms. The van der Waals surface area contributed by atoms with Gasteiger partial charge in [-0.3, -0.25) is 9.59 Å². The number of aromatic amines is 1. The number of H-pyrrole nitrogens is 1. The van der Waals surface area contributed by atoms with Gasteiger partial charge in [-0.05, 0) is 31.4 Å². The van der Waals surface area contributed by atoms with Crippen molar-refractivity contribution in [2.45, 2.75) is 39.0 Å². The van der Waals surface area contributed by atoms with Crippen molar-refractivity contribution in [3.05, 3.63) is 35.5 Å². The molecule has 0 aliphatic heterocycles. The van der Waals surface area contributed by atoms with Gasteiger partial charge in [0.25, 0.3) is 0 Å². The third-order valence-corrected chi connectivity index (χ3v) is 3.97. The number of hydrogen-bond donors (Lipinski definition) is 2. The molecule has 5 nitrogen and oxygen atoms in total. The summed E-state index contributed by atoms with van der Waals surface area (Å²) >= 11 is 0. The monoisotopic (exact) mass is 316 g/mol. The molecule has 23 heavy (non-hydrogen) atoms. The van der Waals surface area contributed by atoms with E-state index in [1.165, 1.54) is 7.11 Å². The number of aryl methyl sites for hydroxylation is 1. The van der Waals surface area contributed by atoms with E-state index in [0.29, 0.717) is 19.4 Å². The molecular weight excluding hydrogens is 292 g/mol. The van der Waals surface area contributed by atoms with E-state index in [2.05, 4.69) is 15.0 Å². The molecule has 2 aromatic rings. The molecule has 0 aliphatic rings. The minimum atomic E-state index is -0.177. The van der Waals surface area contributed by atoms with Crippen molar-refractivity contribution in [1.82, 2.24) is 10.3 Å². The zero-order chi connectivity index (χ0) is 16.7. The number of carbonyl (C=O) groups excluding carboxylic acids is 2. The van der Waals surface area contributed by atoms with Gasteiger partial charge in [0, 0.05) is 29.6 Å². The number of nitrogens with one attached hydrogen (secondary N) is 2. The predicted molar refractivity (Wildman–Crippen MR) is 90.2 cm³/mol. The van der Waals surface area contributed by atoms with Crippen molar-refractivity contribution in [3.63, 3.8) is 0 Å². The van der Waals surface area contributed by atoms with Crippen LogP contribution in [0.2, 0.25) is 0 Å². The van der Waals surface area contributed by atoms with Crippen molar-refractivity contribution < 1.29 is 14.3 Å². The molecule has 0 atom stereocenters. The highest BCUT2D eigenvalue weighted by Crippen LogP contribution is 2.22. The lowest BCUT2D eigenvalue weighted by atomic mass is 10.1. The number of amides is 1. The van der Waals surface area contributed by atoms with E-state index in [-0.39, 0.29) is 11.9 Å². The van der Waals surface area contributed by atoms with Gasteiger partial charge < -0.3 is 15.0 Å². The Bertz CT molecular complexity index is 676. The standard InChI is InChI=1S/C18H24N2O3/c1-13-15(14-8-5-6-9-16(14)20-13)12-17(21)19-11-7-3-4-10-18(22)23-2/h5-6,8-9,20H,3-4,7,10-12H2,1-2H3,(H,19,21). The molecule has 124 valence electrons. The molecule has 0 unspecified atom stereocenters. The molecule has 0 spiro atoms. The Morgan fingerprint density at radius 1 is 1.17 bits per heavy atom. The maximum Gasteiger partial charge on any atom is 0.305 e. The Morgan fingerprint density at radius 2 is 1.96 bits per heavy atom. The molecule has 2 N–H and O–H groups in total. The first kappa shape index (κ1) is 17.1. The van der Waals surface area contributed by atoms with Gasteiger partial charge in [0.2, 0.25) is 5.91 Å². The van der Waals surface area contributed by atoms with Crippen LogP contribution >= 0.6 is 0 Å². The quantitative estimate of drug-likeness (QED) is 0.581. The van der Waals surface area contributed by atoms with Gasteiger partial charge in [-0.25, -0.2) is 0 Å². The molecule has 0 aliphatic carbocycles. The number of methoxy groups -OCH3 is 1. The van der Waals surface area contributed by atoms with Crippen molar-refractivity contribution in [2.75, 3.05) is 13.7 Å². The minimum absolute atomic E-state index is 0.0332. The van der Waals surface area contributed by atoms with Gasteiger partial charge in [-0.15, -0.1) is 0 Å². The Hall–Kier alpha value is -2.30. The first-order valence-electron chi connectivity index (χ1n) is 8.01. The first-order valence-corrected chi connectivity index (χ1v) is 8.01. The van der Waals surface area contributed by atoms with Crippen molar-refractivity contribution >= 4 is 22.8 Å². The fraction of sp³-hybridized carbons (Fsp3) is 0.444. The number of fused-ring (bicyclic) bond motifs is 1. The SMILES string of the molecule is COC(=O)CCCCCNC(=O)Cc1c(C)[nH]c2ccccc12. The lowest BCUT2D eigenvalue weighted by Gasteiger charge is -2.06. The lowest BCUT2D eigenvalue weighted by Crippen LogP contribution is -2.26. The number of rotatable bonds is 8. The van der Waals surface area contributed by atoms with Crippen LogP contribution in [0.15, 0.2) is 24.3 Å². The number of unbranched alkanes of at least 4 members (excludes halogenated alkanes) is 2. The van der Waals surface area contributed by atoms with E-state index in [1.54, 1.807) is 0 Å². The second kappa shape index (κ2) is 8.36. The van der Waals surface area contributed by atoms with Crippen LogP contribution in [0.4, 0.5) is 0 Å². The van der Waals surface area contributed by atoms with E-state index >= 15 is 0 Å². The lowest BCUT2D eigenvalue weighted by molar-refractivity contribution is -0.140. The average molecular weight is 316 g/mol. The van der Waals surface area contributed by atoms with Gasteiger partial charge in [-0.2, -0.15) is 0 Å². The van der Waals surface area contributed by atoms with Crippen molar-refractivity contribution in [1.29, 1.82) is 0 Å². The van der Waals surface area contributed by atoms with Crippen LogP contribution in [-0.4, -0.2) is 30.5 Å². The second-order valence-corrected chi connectivity index (χ2v) is 5.69. The highest BCUT2D eigenvalue weighted by molar-refractivity contribution is 5.90. The number of ether oxygens (including phenoxy) is 1. The first-order chi connectivity index (χ1) is 11.1. The average Bonchev–Trinajstić information content (AvgIpc) is 2.86. The second-order valence-electron chi connectivity index (χ2n) is 5.69. The normalized spacial score (nSPS) is 10.7. The molecule has 1 aromatic heterocycles. The van der Waals surface area contributed by atoms with Gasteiger partial charge in [0.05, 0.1) is 13.5 Å². The number of aromatic nitrogens is 1. The van der Waals surface area contributed by atoms with E-state index in [1.807, 2.05) is 31.2 Å². The Kier molecular flexibility index (Phi) is 6.20. The van der Waals surface area contributed by atoms with Crippen molar-refractivity contribution in [2.24, 2.45) is 0 Å².